The minimum atomic E-state index is -0.828. The van der Waals surface area contributed by atoms with Crippen molar-refractivity contribution in [2.75, 3.05) is 19.8 Å². The van der Waals surface area contributed by atoms with Crippen molar-refractivity contribution >= 4 is 46.1 Å². The van der Waals surface area contributed by atoms with E-state index >= 15 is 0 Å². The van der Waals surface area contributed by atoms with Crippen molar-refractivity contribution in [3.05, 3.63) is 35.4 Å². The van der Waals surface area contributed by atoms with Crippen LogP contribution in [0.2, 0.25) is 0 Å². The molecule has 0 bridgehead atoms. The highest BCUT2D eigenvalue weighted by atomic mass is 32.2. The van der Waals surface area contributed by atoms with Crippen LogP contribution in [0.15, 0.2) is 24.3 Å². The number of fused-ring (bicyclic) bond motifs is 1. The van der Waals surface area contributed by atoms with Gasteiger partial charge in [-0.2, -0.15) is 0 Å². The van der Waals surface area contributed by atoms with E-state index in [9.17, 15) is 14.4 Å². The van der Waals surface area contributed by atoms with E-state index in [1.165, 1.54) is 0 Å². The summed E-state index contributed by atoms with van der Waals surface area (Å²) in [4.78, 5) is 38.0. The van der Waals surface area contributed by atoms with Crippen molar-refractivity contribution in [2.24, 2.45) is 0 Å². The normalized spacial score (nSPS) is 14.3. The molecular weight excluding hydrogens is 350 g/mol. The van der Waals surface area contributed by atoms with Gasteiger partial charge in [0.25, 0.3) is 11.8 Å². The first-order valence-corrected chi connectivity index (χ1v) is 8.73. The van der Waals surface area contributed by atoms with Gasteiger partial charge in [0.15, 0.2) is 0 Å². The Hall–Kier alpha value is -1.93. The third kappa shape index (κ3) is 3.93. The van der Waals surface area contributed by atoms with Crippen molar-refractivity contribution in [3.8, 4) is 0 Å². The minimum absolute atomic E-state index is 0.122. The molecule has 2 amide bonds. The molecule has 1 aromatic carbocycles. The van der Waals surface area contributed by atoms with Gasteiger partial charge in [-0.25, -0.2) is 0 Å². The highest BCUT2D eigenvalue weighted by Crippen LogP contribution is 2.25. The number of thioether (sulfide) groups is 1. The molecule has 0 saturated heterocycles. The zero-order valence-electron chi connectivity index (χ0n) is 13.3. The van der Waals surface area contributed by atoms with Gasteiger partial charge >= 0.3 is 5.97 Å². The third-order valence-electron chi connectivity index (χ3n) is 3.28. The number of rotatable bonds is 6. The number of hydrogen-bond acceptors (Lipinski definition) is 7. The van der Waals surface area contributed by atoms with E-state index in [1.54, 1.807) is 38.1 Å². The van der Waals surface area contributed by atoms with E-state index in [0.29, 0.717) is 17.7 Å². The molecule has 0 N–H and O–H groups in total. The van der Waals surface area contributed by atoms with Gasteiger partial charge in [0.1, 0.15) is 5.25 Å². The molecule has 0 saturated carbocycles. The summed E-state index contributed by atoms with van der Waals surface area (Å²) in [6, 6.07) is 6.56. The lowest BCUT2D eigenvalue weighted by atomic mass is 10.1. The van der Waals surface area contributed by atoms with Gasteiger partial charge in [0, 0.05) is 0 Å². The van der Waals surface area contributed by atoms with Crippen LogP contribution in [-0.4, -0.2) is 52.1 Å². The Bertz CT molecular complexity index is 641. The first-order valence-electron chi connectivity index (χ1n) is 7.44. The summed E-state index contributed by atoms with van der Waals surface area (Å²) in [5, 5.41) is -0.828. The average Bonchev–Trinajstić information content (AvgIpc) is 2.80. The second-order valence-corrected chi connectivity index (χ2v) is 6.61. The maximum absolute atomic E-state index is 12.4. The van der Waals surface area contributed by atoms with Crippen molar-refractivity contribution in [1.29, 1.82) is 0 Å². The van der Waals surface area contributed by atoms with Crippen LogP contribution in [-0.2, 0) is 14.3 Å². The number of esters is 1. The zero-order chi connectivity index (χ0) is 17.7. The van der Waals surface area contributed by atoms with Crippen LogP contribution in [0.1, 0.15) is 34.6 Å². The van der Waals surface area contributed by atoms with Gasteiger partial charge in [0.2, 0.25) is 4.38 Å². The summed E-state index contributed by atoms with van der Waals surface area (Å²) in [5.74, 6) is -1.39. The van der Waals surface area contributed by atoms with Gasteiger partial charge in [-0.15, -0.1) is 0 Å². The van der Waals surface area contributed by atoms with Gasteiger partial charge in [-0.05, 0) is 38.2 Å². The lowest BCUT2D eigenvalue weighted by molar-refractivity contribution is -0.142. The molecule has 0 spiro atoms. The van der Waals surface area contributed by atoms with Crippen LogP contribution in [0.4, 0.5) is 0 Å². The first kappa shape index (κ1) is 18.4. The lowest BCUT2D eigenvalue weighted by Gasteiger charge is -2.20. The monoisotopic (exact) mass is 367 g/mol. The predicted octanol–water partition coefficient (Wildman–Crippen LogP) is 2.27. The second-order valence-electron chi connectivity index (χ2n) is 4.81. The van der Waals surface area contributed by atoms with Crippen molar-refractivity contribution in [1.82, 2.24) is 4.90 Å². The molecule has 1 unspecified atom stereocenters. The number of thiocarbonyl (C=S) groups is 1. The predicted molar refractivity (Wildman–Crippen MR) is 94.0 cm³/mol. The molecule has 0 radical (unpaired) electrons. The second kappa shape index (κ2) is 8.25. The first-order chi connectivity index (χ1) is 11.5. The van der Waals surface area contributed by atoms with Crippen LogP contribution in [0, 0.1) is 0 Å². The molecule has 0 aliphatic carbocycles. The average molecular weight is 367 g/mol. The number of hydrogen-bond donors (Lipinski definition) is 0. The number of ether oxygens (including phenoxy) is 2. The maximum atomic E-state index is 12.4. The lowest BCUT2D eigenvalue weighted by Crippen LogP contribution is -2.40. The molecule has 0 fully saturated rings. The van der Waals surface area contributed by atoms with E-state index in [2.05, 4.69) is 0 Å². The van der Waals surface area contributed by atoms with Crippen molar-refractivity contribution in [2.45, 2.75) is 19.1 Å². The van der Waals surface area contributed by atoms with Crippen LogP contribution in [0.3, 0.4) is 0 Å². The van der Waals surface area contributed by atoms with Gasteiger partial charge in [-0.1, -0.05) is 23.9 Å². The van der Waals surface area contributed by atoms with Crippen LogP contribution in [0.25, 0.3) is 0 Å². The fraction of sp³-hybridized carbons (Fsp3) is 0.375. The molecule has 2 rings (SSSR count). The van der Waals surface area contributed by atoms with E-state index in [4.69, 9.17) is 21.7 Å². The molecule has 1 aromatic rings. The summed E-state index contributed by atoms with van der Waals surface area (Å²) in [7, 11) is 0. The standard InChI is InChI=1S/C16H17NO5S2/c1-3-21-15(20)12(24-16(23)22-4-2)9-17-13(18)10-7-5-6-8-11(10)14(17)19/h5-8,12H,3-4,9H2,1-2H3. The molecule has 1 atom stereocenters. The Labute approximate surface area is 149 Å². The molecule has 128 valence electrons. The minimum Gasteiger partial charge on any atom is -0.479 e. The number of imide groups is 1. The highest BCUT2D eigenvalue weighted by Gasteiger charge is 2.38. The number of amides is 2. The van der Waals surface area contributed by atoms with E-state index in [0.717, 1.165) is 16.7 Å². The fourth-order valence-electron chi connectivity index (χ4n) is 2.23. The van der Waals surface area contributed by atoms with Gasteiger partial charge in [0.05, 0.1) is 30.9 Å². The van der Waals surface area contributed by atoms with E-state index in [-0.39, 0.29) is 17.5 Å². The summed E-state index contributed by atoms with van der Waals surface area (Å²) >= 11 is 6.02. The zero-order valence-corrected chi connectivity index (χ0v) is 14.9. The number of carbonyl (C=O) groups excluding carboxylic acids is 3. The van der Waals surface area contributed by atoms with Crippen LogP contribution < -0.4 is 0 Å². The molecular formula is C16H17NO5S2. The molecule has 0 aromatic heterocycles. The molecule has 1 heterocycles. The Morgan fingerprint density at radius 1 is 1.12 bits per heavy atom. The van der Waals surface area contributed by atoms with Gasteiger partial charge in [-0.3, -0.25) is 19.3 Å². The van der Waals surface area contributed by atoms with E-state index in [1.807, 2.05) is 0 Å². The number of carbonyl (C=O) groups is 3. The molecule has 1 aliphatic rings. The Kier molecular flexibility index (Phi) is 6.33. The Balaban J connectivity index is 2.17. The topological polar surface area (TPSA) is 72.9 Å². The largest absolute Gasteiger partial charge is 0.479 e. The van der Waals surface area contributed by atoms with E-state index < -0.39 is 23.0 Å². The smallest absolute Gasteiger partial charge is 0.321 e. The summed E-state index contributed by atoms with van der Waals surface area (Å²) in [6.45, 7) is 3.90. The van der Waals surface area contributed by atoms with Gasteiger partial charge < -0.3 is 9.47 Å². The maximum Gasteiger partial charge on any atom is 0.321 e. The molecule has 1 aliphatic heterocycles. The quantitative estimate of drug-likeness (QED) is 0.434. The molecule has 6 nitrogen and oxygen atoms in total. The van der Waals surface area contributed by atoms with Crippen molar-refractivity contribution < 1.29 is 23.9 Å². The highest BCUT2D eigenvalue weighted by molar-refractivity contribution is 8.23. The van der Waals surface area contributed by atoms with Crippen LogP contribution >= 0.6 is 24.0 Å². The number of benzene rings is 1. The van der Waals surface area contributed by atoms with Crippen molar-refractivity contribution in [3.63, 3.8) is 0 Å². The fourth-order valence-corrected chi connectivity index (χ4v) is 3.51. The number of nitrogens with zero attached hydrogens (tertiary/aromatic N) is 1. The summed E-state index contributed by atoms with van der Waals surface area (Å²) < 4.78 is 10.4. The summed E-state index contributed by atoms with van der Waals surface area (Å²) in [5.41, 5.74) is 0.671. The third-order valence-corrected chi connectivity index (χ3v) is 4.62. The Morgan fingerprint density at radius 2 is 1.67 bits per heavy atom. The Morgan fingerprint density at radius 3 is 2.17 bits per heavy atom. The molecule has 24 heavy (non-hydrogen) atoms. The SMILES string of the molecule is CCOC(=O)C(CN1C(=O)c2ccccc2C1=O)SC(=S)OCC. The van der Waals surface area contributed by atoms with Crippen LogP contribution in [0.5, 0.6) is 0 Å². The summed E-state index contributed by atoms with van der Waals surface area (Å²) in [6.07, 6.45) is 0. The molecule has 8 heteroatoms.